The summed E-state index contributed by atoms with van der Waals surface area (Å²) in [6.07, 6.45) is 0. The zero-order valence-electron chi connectivity index (χ0n) is 16.5. The van der Waals surface area contributed by atoms with Crippen molar-refractivity contribution in [3.63, 3.8) is 0 Å². The van der Waals surface area contributed by atoms with Crippen LogP contribution in [0.1, 0.15) is 38.8 Å². The summed E-state index contributed by atoms with van der Waals surface area (Å²) in [7, 11) is 0. The van der Waals surface area contributed by atoms with E-state index in [2.05, 4.69) is 36.1 Å². The summed E-state index contributed by atoms with van der Waals surface area (Å²) in [4.78, 5) is 29.2. The van der Waals surface area contributed by atoms with Crippen molar-refractivity contribution in [2.24, 2.45) is 0 Å². The molecule has 3 aromatic rings. The topological polar surface area (TPSA) is 40.6 Å². The molecule has 0 fully saturated rings. The molecule has 0 aliphatic carbocycles. The van der Waals surface area contributed by atoms with Crippen molar-refractivity contribution in [3.05, 3.63) is 107 Å². The van der Waals surface area contributed by atoms with Crippen LogP contribution in [0.3, 0.4) is 0 Å². The van der Waals surface area contributed by atoms with Crippen LogP contribution < -0.4 is 0 Å². The van der Waals surface area contributed by atoms with E-state index in [0.29, 0.717) is 17.7 Å². The molecule has 0 saturated carbocycles. The molecule has 4 heteroatoms. The first-order valence-corrected chi connectivity index (χ1v) is 9.90. The smallest absolute Gasteiger partial charge is 0.261 e. The second kappa shape index (κ2) is 8.41. The van der Waals surface area contributed by atoms with Crippen molar-refractivity contribution in [3.8, 4) is 0 Å². The Morgan fingerprint density at radius 1 is 0.690 bits per heavy atom. The first-order chi connectivity index (χ1) is 14.1. The molecule has 0 radical (unpaired) electrons. The summed E-state index contributed by atoms with van der Waals surface area (Å²) in [5, 5.41) is 0. The minimum Gasteiger partial charge on any atom is -0.290 e. The molecule has 3 aromatic carbocycles. The van der Waals surface area contributed by atoms with E-state index in [4.69, 9.17) is 0 Å². The highest BCUT2D eigenvalue weighted by Crippen LogP contribution is 2.24. The van der Waals surface area contributed by atoms with Crippen LogP contribution in [-0.4, -0.2) is 34.2 Å². The van der Waals surface area contributed by atoms with Gasteiger partial charge in [-0.3, -0.25) is 19.4 Å². The largest absolute Gasteiger partial charge is 0.290 e. The SMILES string of the molecule is C[C@@H](CN1C(=O)c2ccccc2C1=O)N(Cc1ccccc1)Cc1ccccc1. The normalized spacial score (nSPS) is 14.3. The van der Waals surface area contributed by atoms with Crippen LogP contribution in [0.5, 0.6) is 0 Å². The Morgan fingerprint density at radius 3 is 1.55 bits per heavy atom. The Bertz CT molecular complexity index is 925. The molecule has 0 spiro atoms. The second-order valence-electron chi connectivity index (χ2n) is 7.49. The van der Waals surface area contributed by atoms with E-state index in [1.54, 1.807) is 24.3 Å². The molecule has 4 nitrogen and oxygen atoms in total. The average Bonchev–Trinajstić information content (AvgIpc) is 3.00. The van der Waals surface area contributed by atoms with Crippen LogP contribution in [0.25, 0.3) is 0 Å². The number of fused-ring (bicyclic) bond motifs is 1. The quantitative estimate of drug-likeness (QED) is 0.568. The van der Waals surface area contributed by atoms with E-state index >= 15 is 0 Å². The van der Waals surface area contributed by atoms with Gasteiger partial charge in [-0.15, -0.1) is 0 Å². The number of carbonyl (C=O) groups excluding carboxylic acids is 2. The molecule has 0 N–H and O–H groups in total. The fourth-order valence-electron chi connectivity index (χ4n) is 3.79. The molecule has 0 saturated heterocycles. The number of nitrogens with zero attached hydrogens (tertiary/aromatic N) is 2. The van der Waals surface area contributed by atoms with Gasteiger partial charge in [-0.1, -0.05) is 72.8 Å². The third kappa shape index (κ3) is 4.13. The van der Waals surface area contributed by atoms with Crippen molar-refractivity contribution in [1.29, 1.82) is 0 Å². The van der Waals surface area contributed by atoms with E-state index in [9.17, 15) is 9.59 Å². The molecule has 1 aliphatic rings. The number of amides is 2. The molecule has 0 bridgehead atoms. The number of benzene rings is 3. The number of hydrogen-bond donors (Lipinski definition) is 0. The Labute approximate surface area is 171 Å². The summed E-state index contributed by atoms with van der Waals surface area (Å²) < 4.78 is 0. The minimum absolute atomic E-state index is 0.0117. The minimum atomic E-state index is -0.197. The van der Waals surface area contributed by atoms with Crippen LogP contribution >= 0.6 is 0 Å². The van der Waals surface area contributed by atoms with Crippen LogP contribution in [-0.2, 0) is 13.1 Å². The van der Waals surface area contributed by atoms with Gasteiger partial charge in [0, 0.05) is 25.7 Å². The molecule has 1 heterocycles. The second-order valence-corrected chi connectivity index (χ2v) is 7.49. The van der Waals surface area contributed by atoms with E-state index in [1.807, 2.05) is 36.4 Å². The van der Waals surface area contributed by atoms with Gasteiger partial charge in [0.2, 0.25) is 0 Å². The van der Waals surface area contributed by atoms with Gasteiger partial charge in [0.1, 0.15) is 0 Å². The fraction of sp³-hybridized carbons (Fsp3) is 0.200. The molecule has 29 heavy (non-hydrogen) atoms. The predicted molar refractivity (Wildman–Crippen MR) is 113 cm³/mol. The lowest BCUT2D eigenvalue weighted by Gasteiger charge is -2.31. The van der Waals surface area contributed by atoms with Gasteiger partial charge < -0.3 is 0 Å². The number of carbonyl (C=O) groups is 2. The van der Waals surface area contributed by atoms with Crippen LogP contribution in [0.4, 0.5) is 0 Å². The zero-order chi connectivity index (χ0) is 20.2. The average molecular weight is 384 g/mol. The van der Waals surface area contributed by atoms with Gasteiger partial charge in [0.05, 0.1) is 11.1 Å². The fourth-order valence-corrected chi connectivity index (χ4v) is 3.79. The van der Waals surface area contributed by atoms with Gasteiger partial charge in [0.15, 0.2) is 0 Å². The molecule has 0 aromatic heterocycles. The van der Waals surface area contributed by atoms with E-state index in [0.717, 1.165) is 13.1 Å². The van der Waals surface area contributed by atoms with Gasteiger partial charge in [0.25, 0.3) is 11.8 Å². The van der Waals surface area contributed by atoms with Crippen molar-refractivity contribution in [2.75, 3.05) is 6.54 Å². The van der Waals surface area contributed by atoms with Crippen molar-refractivity contribution >= 4 is 11.8 Å². The maximum absolute atomic E-state index is 12.8. The zero-order valence-corrected chi connectivity index (χ0v) is 16.5. The third-order valence-electron chi connectivity index (χ3n) is 5.41. The molecule has 1 aliphatic heterocycles. The maximum atomic E-state index is 12.8. The standard InChI is InChI=1S/C25H24N2O2/c1-19(16-27-24(28)22-14-8-9-15-23(22)25(27)29)26(17-20-10-4-2-5-11-20)18-21-12-6-3-7-13-21/h2-15,19H,16-18H2,1H3/t19-/m0/s1. The first kappa shape index (κ1) is 19.1. The molecular weight excluding hydrogens is 360 g/mol. The molecule has 0 unspecified atom stereocenters. The molecular formula is C25H24N2O2. The van der Waals surface area contributed by atoms with Gasteiger partial charge in [-0.05, 0) is 30.2 Å². The highest BCUT2D eigenvalue weighted by molar-refractivity contribution is 6.21. The van der Waals surface area contributed by atoms with Gasteiger partial charge in [-0.2, -0.15) is 0 Å². The summed E-state index contributed by atoms with van der Waals surface area (Å²) in [5.41, 5.74) is 3.42. The predicted octanol–water partition coefficient (Wildman–Crippen LogP) is 4.37. The van der Waals surface area contributed by atoms with Crippen LogP contribution in [0, 0.1) is 0 Å². The third-order valence-corrected chi connectivity index (χ3v) is 5.41. The number of rotatable bonds is 7. The Kier molecular flexibility index (Phi) is 5.54. The highest BCUT2D eigenvalue weighted by atomic mass is 16.2. The molecule has 2 amide bonds. The van der Waals surface area contributed by atoms with E-state index in [1.165, 1.54) is 16.0 Å². The Balaban J connectivity index is 1.54. The Hall–Kier alpha value is -3.24. The lowest BCUT2D eigenvalue weighted by atomic mass is 10.1. The monoisotopic (exact) mass is 384 g/mol. The summed E-state index contributed by atoms with van der Waals surface area (Å²) in [6, 6.07) is 27.6. The van der Waals surface area contributed by atoms with Crippen LogP contribution in [0.2, 0.25) is 0 Å². The van der Waals surface area contributed by atoms with Crippen molar-refractivity contribution in [2.45, 2.75) is 26.1 Å². The van der Waals surface area contributed by atoms with Gasteiger partial charge >= 0.3 is 0 Å². The Morgan fingerprint density at radius 2 is 1.10 bits per heavy atom. The lowest BCUT2D eigenvalue weighted by Crippen LogP contribution is -2.43. The van der Waals surface area contributed by atoms with E-state index in [-0.39, 0.29) is 17.9 Å². The van der Waals surface area contributed by atoms with E-state index < -0.39 is 0 Å². The van der Waals surface area contributed by atoms with Crippen molar-refractivity contribution in [1.82, 2.24) is 9.80 Å². The highest BCUT2D eigenvalue weighted by Gasteiger charge is 2.36. The summed E-state index contributed by atoms with van der Waals surface area (Å²) in [5.74, 6) is -0.395. The lowest BCUT2D eigenvalue weighted by molar-refractivity contribution is 0.0587. The molecule has 1 atom stereocenters. The molecule has 146 valence electrons. The summed E-state index contributed by atoms with van der Waals surface area (Å²) in [6.45, 7) is 3.95. The van der Waals surface area contributed by atoms with Crippen LogP contribution in [0.15, 0.2) is 84.9 Å². The maximum Gasteiger partial charge on any atom is 0.261 e. The van der Waals surface area contributed by atoms with Crippen molar-refractivity contribution < 1.29 is 9.59 Å². The first-order valence-electron chi connectivity index (χ1n) is 9.90. The van der Waals surface area contributed by atoms with Gasteiger partial charge in [-0.25, -0.2) is 0 Å². The number of hydrogen-bond acceptors (Lipinski definition) is 3. The summed E-state index contributed by atoms with van der Waals surface area (Å²) >= 11 is 0. The molecule has 4 rings (SSSR count). The number of imide groups is 1.